The summed E-state index contributed by atoms with van der Waals surface area (Å²) in [7, 11) is 0. The second kappa shape index (κ2) is 3.94. The molecule has 1 rings (SSSR count). The molecule has 1 aromatic carbocycles. The molecule has 1 amide bonds. The molecular formula is C10H13NO2. The van der Waals surface area contributed by atoms with Gasteiger partial charge in [-0.25, -0.2) is 0 Å². The smallest absolute Gasteiger partial charge is 0.252 e. The van der Waals surface area contributed by atoms with Crippen molar-refractivity contribution in [1.82, 2.24) is 0 Å². The van der Waals surface area contributed by atoms with Gasteiger partial charge < -0.3 is 10.5 Å². The number of ether oxygens (including phenoxy) is 1. The van der Waals surface area contributed by atoms with E-state index >= 15 is 0 Å². The van der Waals surface area contributed by atoms with Gasteiger partial charge >= 0.3 is 0 Å². The summed E-state index contributed by atoms with van der Waals surface area (Å²) >= 11 is 0. The maximum atomic E-state index is 11.0. The Bertz CT molecular complexity index is 321. The Morgan fingerprint density at radius 2 is 2.23 bits per heavy atom. The van der Waals surface area contributed by atoms with E-state index in [2.05, 4.69) is 0 Å². The molecule has 0 bridgehead atoms. The van der Waals surface area contributed by atoms with E-state index in [1.165, 1.54) is 0 Å². The maximum Gasteiger partial charge on any atom is 0.252 e. The van der Waals surface area contributed by atoms with Gasteiger partial charge in [0.25, 0.3) is 5.91 Å². The molecule has 0 fully saturated rings. The Hall–Kier alpha value is -1.51. The number of aryl methyl sites for hydroxylation is 1. The van der Waals surface area contributed by atoms with Crippen LogP contribution in [0.1, 0.15) is 22.8 Å². The minimum Gasteiger partial charge on any atom is -0.493 e. The van der Waals surface area contributed by atoms with Crippen LogP contribution in [0.5, 0.6) is 5.75 Å². The molecule has 0 radical (unpaired) electrons. The molecule has 0 unspecified atom stereocenters. The standard InChI is InChI=1S/C10H13NO2/c1-3-13-9-6-7(2)4-5-8(9)10(11)12/h4-6H,3H2,1-2H3,(H2,11,12). The summed E-state index contributed by atoms with van der Waals surface area (Å²) in [6.45, 7) is 4.34. The highest BCUT2D eigenvalue weighted by Crippen LogP contribution is 2.19. The fourth-order valence-corrected chi connectivity index (χ4v) is 1.11. The minimum absolute atomic E-state index is 0.437. The SMILES string of the molecule is CCOc1cc(C)ccc1C(N)=O. The van der Waals surface area contributed by atoms with Gasteiger partial charge in [-0.15, -0.1) is 0 Å². The molecule has 3 nitrogen and oxygen atoms in total. The fourth-order valence-electron chi connectivity index (χ4n) is 1.11. The maximum absolute atomic E-state index is 11.0. The van der Waals surface area contributed by atoms with Gasteiger partial charge in [0.2, 0.25) is 0 Å². The summed E-state index contributed by atoms with van der Waals surface area (Å²) in [5.41, 5.74) is 6.66. The summed E-state index contributed by atoms with van der Waals surface area (Å²) in [4.78, 5) is 11.0. The van der Waals surface area contributed by atoms with E-state index in [1.54, 1.807) is 6.07 Å². The lowest BCUT2D eigenvalue weighted by atomic mass is 10.1. The van der Waals surface area contributed by atoms with E-state index < -0.39 is 5.91 Å². The molecule has 0 saturated carbocycles. The van der Waals surface area contributed by atoms with Gasteiger partial charge in [0.1, 0.15) is 5.75 Å². The summed E-state index contributed by atoms with van der Waals surface area (Å²) in [6.07, 6.45) is 0. The van der Waals surface area contributed by atoms with Crippen molar-refractivity contribution in [1.29, 1.82) is 0 Å². The number of benzene rings is 1. The predicted octanol–water partition coefficient (Wildman–Crippen LogP) is 1.49. The van der Waals surface area contributed by atoms with E-state index in [0.717, 1.165) is 5.56 Å². The van der Waals surface area contributed by atoms with Crippen molar-refractivity contribution in [3.05, 3.63) is 29.3 Å². The topological polar surface area (TPSA) is 52.3 Å². The first kappa shape index (κ1) is 9.58. The molecule has 0 heterocycles. The van der Waals surface area contributed by atoms with Crippen molar-refractivity contribution < 1.29 is 9.53 Å². The van der Waals surface area contributed by atoms with Crippen molar-refractivity contribution in [3.63, 3.8) is 0 Å². The summed E-state index contributed by atoms with van der Waals surface area (Å²) < 4.78 is 5.28. The Morgan fingerprint density at radius 1 is 1.54 bits per heavy atom. The molecule has 0 aliphatic carbocycles. The third kappa shape index (κ3) is 2.21. The van der Waals surface area contributed by atoms with Gasteiger partial charge in [0.15, 0.2) is 0 Å². The third-order valence-corrected chi connectivity index (χ3v) is 1.70. The normalized spacial score (nSPS) is 9.69. The van der Waals surface area contributed by atoms with E-state index in [0.29, 0.717) is 17.9 Å². The molecule has 70 valence electrons. The quantitative estimate of drug-likeness (QED) is 0.764. The van der Waals surface area contributed by atoms with Crippen LogP contribution >= 0.6 is 0 Å². The monoisotopic (exact) mass is 179 g/mol. The van der Waals surface area contributed by atoms with Crippen LogP contribution in [0, 0.1) is 6.92 Å². The van der Waals surface area contributed by atoms with Crippen LogP contribution in [0.4, 0.5) is 0 Å². The predicted molar refractivity (Wildman–Crippen MR) is 50.9 cm³/mol. The average molecular weight is 179 g/mol. The van der Waals surface area contributed by atoms with Gasteiger partial charge in [-0.05, 0) is 31.5 Å². The van der Waals surface area contributed by atoms with E-state index in [1.807, 2.05) is 26.0 Å². The van der Waals surface area contributed by atoms with E-state index in [-0.39, 0.29) is 0 Å². The van der Waals surface area contributed by atoms with Crippen LogP contribution in [-0.4, -0.2) is 12.5 Å². The molecule has 0 saturated heterocycles. The van der Waals surface area contributed by atoms with Crippen molar-refractivity contribution in [2.45, 2.75) is 13.8 Å². The van der Waals surface area contributed by atoms with Crippen molar-refractivity contribution in [2.75, 3.05) is 6.61 Å². The molecule has 1 aromatic rings. The molecule has 0 spiro atoms. The number of rotatable bonds is 3. The van der Waals surface area contributed by atoms with Crippen LogP contribution in [-0.2, 0) is 0 Å². The molecule has 3 heteroatoms. The first-order chi connectivity index (χ1) is 6.15. The minimum atomic E-state index is -0.455. The number of nitrogens with two attached hydrogens (primary N) is 1. The zero-order chi connectivity index (χ0) is 9.84. The molecule has 0 aliphatic rings. The Morgan fingerprint density at radius 3 is 2.77 bits per heavy atom. The van der Waals surface area contributed by atoms with Crippen LogP contribution < -0.4 is 10.5 Å². The number of carbonyl (C=O) groups is 1. The largest absolute Gasteiger partial charge is 0.493 e. The molecule has 0 aliphatic heterocycles. The zero-order valence-electron chi connectivity index (χ0n) is 7.83. The van der Waals surface area contributed by atoms with Gasteiger partial charge in [-0.1, -0.05) is 6.07 Å². The van der Waals surface area contributed by atoms with Crippen molar-refractivity contribution in [2.24, 2.45) is 5.73 Å². The average Bonchev–Trinajstić information content (AvgIpc) is 2.04. The summed E-state index contributed by atoms with van der Waals surface area (Å²) in [5, 5.41) is 0. The third-order valence-electron chi connectivity index (χ3n) is 1.70. The van der Waals surface area contributed by atoms with Gasteiger partial charge in [0.05, 0.1) is 12.2 Å². The lowest BCUT2D eigenvalue weighted by molar-refractivity contribution is 0.0996. The van der Waals surface area contributed by atoms with E-state index in [4.69, 9.17) is 10.5 Å². The van der Waals surface area contributed by atoms with Crippen molar-refractivity contribution in [3.8, 4) is 5.75 Å². The van der Waals surface area contributed by atoms with E-state index in [9.17, 15) is 4.79 Å². The number of hydrogen-bond donors (Lipinski definition) is 1. The highest BCUT2D eigenvalue weighted by atomic mass is 16.5. The first-order valence-corrected chi connectivity index (χ1v) is 4.18. The summed E-state index contributed by atoms with van der Waals surface area (Å²) in [6, 6.07) is 5.33. The molecule has 0 atom stereocenters. The Labute approximate surface area is 77.5 Å². The fraction of sp³-hybridized carbons (Fsp3) is 0.300. The highest BCUT2D eigenvalue weighted by molar-refractivity contribution is 5.95. The molecular weight excluding hydrogens is 166 g/mol. The Balaban J connectivity index is 3.10. The molecule has 0 aromatic heterocycles. The van der Waals surface area contributed by atoms with Gasteiger partial charge in [-0.3, -0.25) is 4.79 Å². The zero-order valence-corrected chi connectivity index (χ0v) is 7.83. The molecule has 13 heavy (non-hydrogen) atoms. The van der Waals surface area contributed by atoms with Gasteiger partial charge in [-0.2, -0.15) is 0 Å². The van der Waals surface area contributed by atoms with Crippen LogP contribution in [0.25, 0.3) is 0 Å². The lowest BCUT2D eigenvalue weighted by Crippen LogP contribution is -2.13. The lowest BCUT2D eigenvalue weighted by Gasteiger charge is -2.07. The summed E-state index contributed by atoms with van der Waals surface area (Å²) in [5.74, 6) is 0.110. The number of hydrogen-bond acceptors (Lipinski definition) is 2. The van der Waals surface area contributed by atoms with Crippen LogP contribution in [0.15, 0.2) is 18.2 Å². The number of carbonyl (C=O) groups excluding carboxylic acids is 1. The van der Waals surface area contributed by atoms with Crippen LogP contribution in [0.3, 0.4) is 0 Å². The second-order valence-electron chi connectivity index (χ2n) is 2.80. The number of primary amides is 1. The Kier molecular flexibility index (Phi) is 2.90. The molecule has 2 N–H and O–H groups in total. The van der Waals surface area contributed by atoms with Crippen molar-refractivity contribution >= 4 is 5.91 Å². The number of amides is 1. The second-order valence-corrected chi connectivity index (χ2v) is 2.80. The highest BCUT2D eigenvalue weighted by Gasteiger charge is 2.08. The van der Waals surface area contributed by atoms with Gasteiger partial charge in [0, 0.05) is 0 Å². The van der Waals surface area contributed by atoms with Crippen LogP contribution in [0.2, 0.25) is 0 Å². The first-order valence-electron chi connectivity index (χ1n) is 4.18.